The van der Waals surface area contributed by atoms with Crippen LogP contribution >= 0.6 is 23.1 Å². The zero-order valence-corrected chi connectivity index (χ0v) is 19.4. The molecule has 0 saturated carbocycles. The highest BCUT2D eigenvalue weighted by atomic mass is 32.2. The molecule has 2 aromatic heterocycles. The summed E-state index contributed by atoms with van der Waals surface area (Å²) in [5, 5.41) is 12.6. The van der Waals surface area contributed by atoms with Gasteiger partial charge < -0.3 is 10.1 Å². The first kappa shape index (κ1) is 21.6. The maximum Gasteiger partial charge on any atom is 0.341 e. The molecular formula is C22H24N4O3S2. The first-order chi connectivity index (χ1) is 15.0. The number of hydrogen-bond acceptors (Lipinski definition) is 7. The molecule has 2 heterocycles. The number of nitrogens with one attached hydrogen (secondary N) is 1. The van der Waals surface area contributed by atoms with Crippen molar-refractivity contribution in [3.63, 3.8) is 0 Å². The number of nitrogens with zero attached hydrogens (tertiary/aromatic N) is 3. The van der Waals surface area contributed by atoms with Crippen LogP contribution in [0.5, 0.6) is 0 Å². The molecule has 0 atom stereocenters. The van der Waals surface area contributed by atoms with Crippen LogP contribution in [0.3, 0.4) is 0 Å². The topological polar surface area (TPSA) is 86.1 Å². The Morgan fingerprint density at radius 2 is 2.10 bits per heavy atom. The van der Waals surface area contributed by atoms with Crippen LogP contribution in [0, 0.1) is 13.8 Å². The summed E-state index contributed by atoms with van der Waals surface area (Å²) >= 11 is 2.80. The second-order valence-electron chi connectivity index (χ2n) is 7.32. The lowest BCUT2D eigenvalue weighted by molar-refractivity contribution is -0.113. The van der Waals surface area contributed by atoms with Gasteiger partial charge in [-0.15, -0.1) is 21.5 Å². The van der Waals surface area contributed by atoms with Crippen molar-refractivity contribution >= 4 is 40.0 Å². The van der Waals surface area contributed by atoms with E-state index in [1.807, 2.05) is 36.6 Å². The Bertz CT molecular complexity index is 1140. The molecule has 1 aliphatic rings. The van der Waals surface area contributed by atoms with Crippen molar-refractivity contribution < 1.29 is 14.3 Å². The number of thiophene rings is 1. The van der Waals surface area contributed by atoms with Crippen LogP contribution in [0.15, 0.2) is 29.4 Å². The van der Waals surface area contributed by atoms with E-state index in [2.05, 4.69) is 21.6 Å². The fraction of sp³-hybridized carbons (Fsp3) is 0.364. The number of aryl methyl sites for hydroxylation is 3. The Labute approximate surface area is 189 Å². The van der Waals surface area contributed by atoms with Crippen LogP contribution in [0.1, 0.15) is 45.5 Å². The molecule has 1 aliphatic carbocycles. The van der Waals surface area contributed by atoms with Crippen LogP contribution in [0.25, 0.3) is 5.69 Å². The zero-order chi connectivity index (χ0) is 22.0. The summed E-state index contributed by atoms with van der Waals surface area (Å²) in [6.45, 7) is 6.01. The van der Waals surface area contributed by atoms with Crippen LogP contribution < -0.4 is 5.32 Å². The molecule has 0 fully saturated rings. The minimum absolute atomic E-state index is 0.161. The molecule has 1 N–H and O–H groups in total. The molecule has 3 aromatic rings. The van der Waals surface area contributed by atoms with Gasteiger partial charge in [0, 0.05) is 10.6 Å². The zero-order valence-electron chi connectivity index (χ0n) is 17.7. The number of ether oxygens (including phenoxy) is 1. The number of thioether (sulfide) groups is 1. The molecular weight excluding hydrogens is 432 g/mol. The van der Waals surface area contributed by atoms with Gasteiger partial charge in [0.05, 0.1) is 17.9 Å². The van der Waals surface area contributed by atoms with E-state index in [0.29, 0.717) is 22.3 Å². The Morgan fingerprint density at radius 1 is 1.26 bits per heavy atom. The lowest BCUT2D eigenvalue weighted by Crippen LogP contribution is -2.17. The highest BCUT2D eigenvalue weighted by Crippen LogP contribution is 2.39. The first-order valence-electron chi connectivity index (χ1n) is 10.2. The van der Waals surface area contributed by atoms with Gasteiger partial charge in [-0.3, -0.25) is 9.36 Å². The number of amides is 1. The van der Waals surface area contributed by atoms with E-state index >= 15 is 0 Å². The van der Waals surface area contributed by atoms with E-state index in [1.165, 1.54) is 28.0 Å². The van der Waals surface area contributed by atoms with Gasteiger partial charge in [-0.2, -0.15) is 0 Å². The minimum Gasteiger partial charge on any atom is -0.462 e. The van der Waals surface area contributed by atoms with Crippen molar-refractivity contribution in [2.75, 3.05) is 17.7 Å². The normalized spacial score (nSPS) is 12.6. The van der Waals surface area contributed by atoms with Crippen molar-refractivity contribution in [2.24, 2.45) is 0 Å². The maximum absolute atomic E-state index is 12.7. The molecule has 162 valence electrons. The summed E-state index contributed by atoms with van der Waals surface area (Å²) in [4.78, 5) is 26.4. The SMILES string of the molecule is CCOC(=O)c1c(NC(=O)CSc2nnc(C)n2-c2cccc(C)c2)sc2c1CCC2. The summed E-state index contributed by atoms with van der Waals surface area (Å²) in [5.74, 6) is 0.369. The number of esters is 1. The van der Waals surface area contributed by atoms with Gasteiger partial charge in [0.1, 0.15) is 10.8 Å². The molecule has 0 aliphatic heterocycles. The molecule has 7 nitrogen and oxygen atoms in total. The quantitative estimate of drug-likeness (QED) is 0.420. The number of fused-ring (bicyclic) bond motifs is 1. The molecule has 0 saturated heterocycles. The average Bonchev–Trinajstić information content (AvgIpc) is 3.41. The number of aromatic nitrogens is 3. The van der Waals surface area contributed by atoms with Crippen LogP contribution in [0.4, 0.5) is 5.00 Å². The predicted octanol–water partition coefficient (Wildman–Crippen LogP) is 4.34. The van der Waals surface area contributed by atoms with Gasteiger partial charge in [-0.25, -0.2) is 4.79 Å². The monoisotopic (exact) mass is 456 g/mol. The number of carbonyl (C=O) groups is 2. The maximum atomic E-state index is 12.7. The van der Waals surface area contributed by atoms with Crippen molar-refractivity contribution in [3.05, 3.63) is 51.7 Å². The molecule has 0 unspecified atom stereocenters. The van der Waals surface area contributed by atoms with Crippen LogP contribution in [0.2, 0.25) is 0 Å². The lowest BCUT2D eigenvalue weighted by atomic mass is 10.1. The van der Waals surface area contributed by atoms with Gasteiger partial charge in [0.25, 0.3) is 0 Å². The average molecular weight is 457 g/mol. The number of rotatable bonds is 7. The Balaban J connectivity index is 1.49. The molecule has 0 spiro atoms. The highest BCUT2D eigenvalue weighted by Gasteiger charge is 2.28. The molecule has 1 amide bonds. The van der Waals surface area contributed by atoms with Gasteiger partial charge in [-0.1, -0.05) is 23.9 Å². The third-order valence-corrected chi connectivity index (χ3v) is 7.18. The van der Waals surface area contributed by atoms with Gasteiger partial charge in [0.2, 0.25) is 5.91 Å². The van der Waals surface area contributed by atoms with E-state index in [4.69, 9.17) is 4.74 Å². The van der Waals surface area contributed by atoms with E-state index in [1.54, 1.807) is 6.92 Å². The third kappa shape index (κ3) is 4.52. The van der Waals surface area contributed by atoms with E-state index in [0.717, 1.165) is 41.9 Å². The summed E-state index contributed by atoms with van der Waals surface area (Å²) < 4.78 is 7.17. The highest BCUT2D eigenvalue weighted by molar-refractivity contribution is 7.99. The van der Waals surface area contributed by atoms with E-state index in [9.17, 15) is 9.59 Å². The van der Waals surface area contributed by atoms with E-state index in [-0.39, 0.29) is 17.6 Å². The van der Waals surface area contributed by atoms with Gasteiger partial charge in [-0.05, 0) is 63.3 Å². The summed E-state index contributed by atoms with van der Waals surface area (Å²) in [6, 6.07) is 8.06. The fourth-order valence-electron chi connectivity index (χ4n) is 3.71. The van der Waals surface area contributed by atoms with E-state index < -0.39 is 0 Å². The van der Waals surface area contributed by atoms with Crippen LogP contribution in [-0.4, -0.2) is 39.0 Å². The second kappa shape index (κ2) is 9.23. The molecule has 9 heteroatoms. The second-order valence-corrected chi connectivity index (χ2v) is 9.37. The standard InChI is InChI=1S/C22H24N4O3S2/c1-4-29-21(28)19-16-9-6-10-17(16)31-20(19)23-18(27)12-30-22-25-24-14(3)26(22)15-8-5-7-13(2)11-15/h5,7-8,11H,4,6,9-10,12H2,1-3H3,(H,23,27). The molecule has 4 rings (SSSR count). The molecule has 0 bridgehead atoms. The molecule has 31 heavy (non-hydrogen) atoms. The summed E-state index contributed by atoms with van der Waals surface area (Å²) in [7, 11) is 0. The van der Waals surface area contributed by atoms with Crippen LogP contribution in [-0.2, 0) is 22.4 Å². The number of hydrogen-bond donors (Lipinski definition) is 1. The van der Waals surface area contributed by atoms with Crippen molar-refractivity contribution in [1.29, 1.82) is 0 Å². The number of benzene rings is 1. The van der Waals surface area contributed by atoms with Crippen molar-refractivity contribution in [2.45, 2.75) is 45.2 Å². The Morgan fingerprint density at radius 3 is 2.87 bits per heavy atom. The summed E-state index contributed by atoms with van der Waals surface area (Å²) in [5.41, 5.74) is 3.65. The van der Waals surface area contributed by atoms with Gasteiger partial charge >= 0.3 is 5.97 Å². The minimum atomic E-state index is -0.361. The first-order valence-corrected chi connectivity index (χ1v) is 12.0. The predicted molar refractivity (Wildman–Crippen MR) is 122 cm³/mol. The largest absolute Gasteiger partial charge is 0.462 e. The van der Waals surface area contributed by atoms with Crippen molar-refractivity contribution in [3.8, 4) is 5.69 Å². The lowest BCUT2D eigenvalue weighted by Gasteiger charge is -2.10. The fourth-order valence-corrected chi connectivity index (χ4v) is 5.80. The molecule has 0 radical (unpaired) electrons. The van der Waals surface area contributed by atoms with Gasteiger partial charge in [0.15, 0.2) is 5.16 Å². The smallest absolute Gasteiger partial charge is 0.341 e. The Hall–Kier alpha value is -2.65. The van der Waals surface area contributed by atoms with Crippen molar-refractivity contribution in [1.82, 2.24) is 14.8 Å². The summed E-state index contributed by atoms with van der Waals surface area (Å²) in [6.07, 6.45) is 2.82. The third-order valence-electron chi connectivity index (χ3n) is 5.04. The number of anilines is 1. The molecule has 1 aromatic carbocycles. The Kier molecular flexibility index (Phi) is 6.43. The number of carbonyl (C=O) groups excluding carboxylic acids is 2.